The molecule has 40 heavy (non-hydrogen) atoms. The van der Waals surface area contributed by atoms with E-state index in [2.05, 4.69) is 72.4 Å². The second kappa shape index (κ2) is 10.8. The van der Waals surface area contributed by atoms with Crippen LogP contribution < -0.4 is 10.1 Å². The van der Waals surface area contributed by atoms with Crippen molar-refractivity contribution in [3.8, 4) is 17.3 Å². The SMILES string of the molecule is CCc1nn(-c2ccccc2)c2c1CN(C(=O)NCc1cccc(OC)c1)[C@H](c1ccc(C)cc1)c1cccn1-2. The number of hydrogen-bond donors (Lipinski definition) is 1. The van der Waals surface area contributed by atoms with Crippen molar-refractivity contribution in [2.24, 2.45) is 0 Å². The number of carbonyl (C=O) groups excluding carboxylic acids is 1. The van der Waals surface area contributed by atoms with Crippen molar-refractivity contribution in [1.82, 2.24) is 24.6 Å². The van der Waals surface area contributed by atoms with Crippen LogP contribution in [0.5, 0.6) is 5.75 Å². The average Bonchev–Trinajstić information content (AvgIpc) is 3.58. The molecule has 3 heterocycles. The highest BCUT2D eigenvalue weighted by molar-refractivity contribution is 5.76. The Morgan fingerprint density at radius 3 is 2.55 bits per heavy atom. The van der Waals surface area contributed by atoms with Gasteiger partial charge in [0.1, 0.15) is 11.6 Å². The molecular weight excluding hydrogens is 498 g/mol. The van der Waals surface area contributed by atoms with Gasteiger partial charge in [0, 0.05) is 18.3 Å². The molecule has 2 aromatic heterocycles. The highest BCUT2D eigenvalue weighted by atomic mass is 16.5. The van der Waals surface area contributed by atoms with E-state index in [0.717, 1.165) is 51.8 Å². The standard InChI is InChI=1S/C33H33N5O2/c1-4-29-28-22-37(33(39)34-21-24-10-8-13-27(20-24)40-3)31(25-17-15-23(2)16-18-25)30-14-9-19-36(30)32(28)38(35-29)26-11-6-5-7-12-26/h5-20,31H,4,21-22H2,1-3H3,(H,34,39)/t31-/m1/s1. The van der Waals surface area contributed by atoms with Crippen LogP contribution in [-0.4, -0.2) is 32.4 Å². The topological polar surface area (TPSA) is 64.3 Å². The van der Waals surface area contributed by atoms with Gasteiger partial charge in [-0.3, -0.25) is 0 Å². The van der Waals surface area contributed by atoms with Crippen LogP contribution in [0.1, 0.15) is 46.6 Å². The molecule has 1 N–H and O–H groups in total. The zero-order valence-corrected chi connectivity index (χ0v) is 23.0. The fourth-order valence-corrected chi connectivity index (χ4v) is 5.51. The second-order valence-electron chi connectivity index (χ2n) is 10.1. The van der Waals surface area contributed by atoms with Gasteiger partial charge in [0.2, 0.25) is 0 Å². The van der Waals surface area contributed by atoms with Crippen molar-refractivity contribution in [2.75, 3.05) is 7.11 Å². The molecule has 7 nitrogen and oxygen atoms in total. The van der Waals surface area contributed by atoms with E-state index in [1.807, 2.05) is 58.1 Å². The Bertz CT molecular complexity index is 1640. The Morgan fingerprint density at radius 2 is 1.80 bits per heavy atom. The van der Waals surface area contributed by atoms with Gasteiger partial charge in [-0.05, 0) is 60.9 Å². The number of methoxy groups -OCH3 is 1. The lowest BCUT2D eigenvalue weighted by Gasteiger charge is -2.31. The molecule has 0 spiro atoms. The number of nitrogens with zero attached hydrogens (tertiary/aromatic N) is 4. The monoisotopic (exact) mass is 531 g/mol. The summed E-state index contributed by atoms with van der Waals surface area (Å²) in [5, 5.41) is 8.22. The van der Waals surface area contributed by atoms with Crippen molar-refractivity contribution < 1.29 is 9.53 Å². The molecule has 5 aromatic rings. The molecule has 0 saturated carbocycles. The highest BCUT2D eigenvalue weighted by Crippen LogP contribution is 2.38. The molecule has 2 amide bonds. The summed E-state index contributed by atoms with van der Waals surface area (Å²) in [5.41, 5.74) is 7.25. The second-order valence-corrected chi connectivity index (χ2v) is 10.1. The number of fused-ring (bicyclic) bond motifs is 3. The summed E-state index contributed by atoms with van der Waals surface area (Å²) < 4.78 is 9.60. The van der Waals surface area contributed by atoms with Crippen molar-refractivity contribution >= 4 is 6.03 Å². The minimum absolute atomic E-state index is 0.136. The van der Waals surface area contributed by atoms with E-state index < -0.39 is 0 Å². The lowest BCUT2D eigenvalue weighted by atomic mass is 10.0. The van der Waals surface area contributed by atoms with E-state index >= 15 is 0 Å². The maximum Gasteiger partial charge on any atom is 0.318 e. The first kappa shape index (κ1) is 25.5. The molecule has 3 aromatic carbocycles. The molecule has 1 atom stereocenters. The number of para-hydroxylation sites is 1. The van der Waals surface area contributed by atoms with Crippen LogP contribution in [-0.2, 0) is 19.5 Å². The summed E-state index contributed by atoms with van der Waals surface area (Å²) in [6, 6.07) is 30.2. The Hall–Kier alpha value is -4.78. The van der Waals surface area contributed by atoms with Gasteiger partial charge in [-0.2, -0.15) is 5.10 Å². The van der Waals surface area contributed by atoms with Crippen LogP contribution in [0.4, 0.5) is 4.79 Å². The molecule has 1 aliphatic heterocycles. The molecule has 0 bridgehead atoms. The quantitative estimate of drug-likeness (QED) is 0.277. The minimum Gasteiger partial charge on any atom is -0.497 e. The highest BCUT2D eigenvalue weighted by Gasteiger charge is 2.36. The Balaban J connectivity index is 1.47. The summed E-state index contributed by atoms with van der Waals surface area (Å²) >= 11 is 0. The molecule has 202 valence electrons. The third-order valence-corrected chi connectivity index (χ3v) is 7.54. The Labute approximate surface area is 234 Å². The summed E-state index contributed by atoms with van der Waals surface area (Å²) in [5.74, 6) is 1.74. The number of nitrogens with one attached hydrogen (secondary N) is 1. The summed E-state index contributed by atoms with van der Waals surface area (Å²) in [6.07, 6.45) is 2.83. The van der Waals surface area contributed by atoms with E-state index in [9.17, 15) is 4.79 Å². The van der Waals surface area contributed by atoms with Gasteiger partial charge in [0.25, 0.3) is 0 Å². The lowest BCUT2D eigenvalue weighted by Crippen LogP contribution is -2.41. The molecule has 0 radical (unpaired) electrons. The average molecular weight is 532 g/mol. The maximum atomic E-state index is 14.1. The number of carbonyl (C=O) groups is 1. The molecule has 0 saturated heterocycles. The van der Waals surface area contributed by atoms with E-state index in [-0.39, 0.29) is 12.1 Å². The van der Waals surface area contributed by atoms with Gasteiger partial charge in [0.05, 0.1) is 36.8 Å². The zero-order valence-electron chi connectivity index (χ0n) is 23.0. The number of rotatable bonds is 6. The van der Waals surface area contributed by atoms with E-state index in [1.165, 1.54) is 5.56 Å². The van der Waals surface area contributed by atoms with Gasteiger partial charge in [-0.1, -0.05) is 67.1 Å². The van der Waals surface area contributed by atoms with Crippen LogP contribution in [0.2, 0.25) is 0 Å². The number of aromatic nitrogens is 3. The molecule has 0 unspecified atom stereocenters. The maximum absolute atomic E-state index is 14.1. The molecule has 0 aliphatic carbocycles. The minimum atomic E-state index is -0.290. The fraction of sp³-hybridized carbons (Fsp3) is 0.212. The predicted molar refractivity (Wildman–Crippen MR) is 156 cm³/mol. The first-order valence-electron chi connectivity index (χ1n) is 13.6. The van der Waals surface area contributed by atoms with Crippen LogP contribution in [0.3, 0.4) is 0 Å². The van der Waals surface area contributed by atoms with Crippen LogP contribution >= 0.6 is 0 Å². The molecule has 0 fully saturated rings. The van der Waals surface area contributed by atoms with Gasteiger partial charge >= 0.3 is 6.03 Å². The summed E-state index contributed by atoms with van der Waals surface area (Å²) in [6.45, 7) is 5.01. The van der Waals surface area contributed by atoms with Crippen LogP contribution in [0.25, 0.3) is 11.5 Å². The van der Waals surface area contributed by atoms with Crippen molar-refractivity contribution in [3.63, 3.8) is 0 Å². The molecule has 6 rings (SSSR count). The number of urea groups is 1. The van der Waals surface area contributed by atoms with Crippen LogP contribution in [0.15, 0.2) is 97.2 Å². The normalized spacial score (nSPS) is 14.3. The number of benzene rings is 3. The third-order valence-electron chi connectivity index (χ3n) is 7.54. The predicted octanol–water partition coefficient (Wildman–Crippen LogP) is 6.36. The van der Waals surface area contributed by atoms with Gasteiger partial charge in [-0.15, -0.1) is 0 Å². The van der Waals surface area contributed by atoms with Crippen molar-refractivity contribution in [2.45, 2.75) is 39.4 Å². The smallest absolute Gasteiger partial charge is 0.318 e. The summed E-state index contributed by atoms with van der Waals surface area (Å²) in [7, 11) is 1.65. The number of amides is 2. The number of hydrogen-bond acceptors (Lipinski definition) is 3. The molecule has 7 heteroatoms. The van der Waals surface area contributed by atoms with Gasteiger partial charge in [-0.25, -0.2) is 9.48 Å². The third kappa shape index (κ3) is 4.64. The molecular formula is C33H33N5O2. The van der Waals surface area contributed by atoms with Crippen molar-refractivity contribution in [3.05, 3.63) is 131 Å². The fourth-order valence-electron chi connectivity index (χ4n) is 5.51. The van der Waals surface area contributed by atoms with Gasteiger partial charge in [0.15, 0.2) is 0 Å². The Morgan fingerprint density at radius 1 is 1.00 bits per heavy atom. The van der Waals surface area contributed by atoms with Gasteiger partial charge < -0.3 is 19.5 Å². The van der Waals surface area contributed by atoms with Crippen molar-refractivity contribution in [1.29, 1.82) is 0 Å². The van der Waals surface area contributed by atoms with Crippen LogP contribution in [0, 0.1) is 6.92 Å². The van der Waals surface area contributed by atoms with E-state index in [4.69, 9.17) is 9.84 Å². The zero-order chi connectivity index (χ0) is 27.6. The summed E-state index contributed by atoms with van der Waals surface area (Å²) in [4.78, 5) is 16.0. The largest absolute Gasteiger partial charge is 0.497 e. The van der Waals surface area contributed by atoms with E-state index in [0.29, 0.717) is 13.1 Å². The Kier molecular flexibility index (Phi) is 6.86. The molecule has 1 aliphatic rings. The first-order valence-corrected chi connectivity index (χ1v) is 13.6. The lowest BCUT2D eigenvalue weighted by molar-refractivity contribution is 0.180. The number of aryl methyl sites for hydroxylation is 2. The first-order chi connectivity index (χ1) is 19.6. The number of ether oxygens (including phenoxy) is 1. The van der Waals surface area contributed by atoms with E-state index in [1.54, 1.807) is 7.11 Å².